The van der Waals surface area contributed by atoms with E-state index < -0.39 is 0 Å². The minimum atomic E-state index is 0.629. The third kappa shape index (κ3) is 1.86. The molecule has 0 bridgehead atoms. The molecule has 0 aliphatic heterocycles. The maximum absolute atomic E-state index is 5.60. The standard InChI is InChI=1S/C11H17N5/c1-3-15(6-4-12)11-10-8-9(2)14-16(10)7-5-13-11/h5,7-8H,3-4,6,12H2,1-2H3. The quantitative estimate of drug-likeness (QED) is 0.827. The van der Waals surface area contributed by atoms with E-state index in [1.165, 1.54) is 0 Å². The molecule has 0 atom stereocenters. The Morgan fingerprint density at radius 3 is 3.00 bits per heavy atom. The van der Waals surface area contributed by atoms with Crippen LogP contribution < -0.4 is 10.6 Å². The van der Waals surface area contributed by atoms with Gasteiger partial charge in [-0.25, -0.2) is 9.50 Å². The zero-order chi connectivity index (χ0) is 11.5. The number of aromatic nitrogens is 3. The fourth-order valence-electron chi connectivity index (χ4n) is 1.84. The van der Waals surface area contributed by atoms with Crippen molar-refractivity contribution in [3.8, 4) is 0 Å². The molecule has 0 amide bonds. The highest BCUT2D eigenvalue weighted by molar-refractivity contribution is 5.69. The molecule has 0 unspecified atom stereocenters. The summed E-state index contributed by atoms with van der Waals surface area (Å²) in [6.07, 6.45) is 3.63. The molecule has 2 aromatic heterocycles. The Balaban J connectivity index is 2.49. The SMILES string of the molecule is CCN(CCN)c1nccn2nc(C)cc12. The van der Waals surface area contributed by atoms with Crippen molar-refractivity contribution in [2.45, 2.75) is 13.8 Å². The van der Waals surface area contributed by atoms with Gasteiger partial charge in [-0.2, -0.15) is 5.10 Å². The molecule has 0 fully saturated rings. The van der Waals surface area contributed by atoms with Gasteiger partial charge in [0.05, 0.1) is 5.69 Å². The zero-order valence-corrected chi connectivity index (χ0v) is 9.72. The first-order valence-corrected chi connectivity index (χ1v) is 5.52. The van der Waals surface area contributed by atoms with E-state index in [2.05, 4.69) is 21.9 Å². The molecule has 0 aliphatic rings. The summed E-state index contributed by atoms with van der Waals surface area (Å²) in [5, 5.41) is 4.37. The van der Waals surface area contributed by atoms with Crippen molar-refractivity contribution in [3.63, 3.8) is 0 Å². The molecule has 0 saturated heterocycles. The lowest BCUT2D eigenvalue weighted by molar-refractivity contribution is 0.797. The van der Waals surface area contributed by atoms with E-state index in [1.807, 2.05) is 23.7 Å². The fourth-order valence-corrected chi connectivity index (χ4v) is 1.84. The highest BCUT2D eigenvalue weighted by Crippen LogP contribution is 2.18. The van der Waals surface area contributed by atoms with Crippen molar-refractivity contribution in [2.75, 3.05) is 24.5 Å². The molecule has 0 saturated carbocycles. The molecule has 5 heteroatoms. The lowest BCUT2D eigenvalue weighted by atomic mass is 10.3. The molecule has 0 spiro atoms. The van der Waals surface area contributed by atoms with E-state index in [-0.39, 0.29) is 0 Å². The normalized spacial score (nSPS) is 10.9. The van der Waals surface area contributed by atoms with Crippen LogP contribution in [0.25, 0.3) is 5.52 Å². The number of nitrogens with zero attached hydrogens (tertiary/aromatic N) is 4. The first-order valence-electron chi connectivity index (χ1n) is 5.52. The van der Waals surface area contributed by atoms with Crippen LogP contribution in [-0.2, 0) is 0 Å². The predicted octanol–water partition coefficient (Wildman–Crippen LogP) is 0.823. The minimum Gasteiger partial charge on any atom is -0.354 e. The summed E-state index contributed by atoms with van der Waals surface area (Å²) in [4.78, 5) is 6.58. The number of likely N-dealkylation sites (N-methyl/N-ethyl adjacent to an activating group) is 1. The van der Waals surface area contributed by atoms with Crippen LogP contribution in [0.2, 0.25) is 0 Å². The highest BCUT2D eigenvalue weighted by Gasteiger charge is 2.10. The molecule has 0 aromatic carbocycles. The molecule has 0 aliphatic carbocycles. The van der Waals surface area contributed by atoms with Gasteiger partial charge in [0.25, 0.3) is 0 Å². The Morgan fingerprint density at radius 1 is 1.50 bits per heavy atom. The number of nitrogens with two attached hydrogens (primary N) is 1. The predicted molar refractivity (Wildman–Crippen MR) is 64.7 cm³/mol. The first kappa shape index (κ1) is 10.9. The smallest absolute Gasteiger partial charge is 0.154 e. The van der Waals surface area contributed by atoms with Gasteiger partial charge in [0.2, 0.25) is 0 Å². The van der Waals surface area contributed by atoms with Crippen LogP contribution in [0.5, 0.6) is 0 Å². The molecule has 2 heterocycles. The van der Waals surface area contributed by atoms with Crippen molar-refractivity contribution in [1.82, 2.24) is 14.6 Å². The zero-order valence-electron chi connectivity index (χ0n) is 9.72. The van der Waals surface area contributed by atoms with E-state index >= 15 is 0 Å². The van der Waals surface area contributed by atoms with Gasteiger partial charge in [-0.05, 0) is 19.9 Å². The summed E-state index contributed by atoms with van der Waals surface area (Å²) < 4.78 is 1.86. The summed E-state index contributed by atoms with van der Waals surface area (Å²) in [6, 6.07) is 2.04. The van der Waals surface area contributed by atoms with Crippen molar-refractivity contribution < 1.29 is 0 Å². The van der Waals surface area contributed by atoms with Gasteiger partial charge in [0, 0.05) is 32.0 Å². The van der Waals surface area contributed by atoms with Gasteiger partial charge in [-0.15, -0.1) is 0 Å². The molecule has 5 nitrogen and oxygen atoms in total. The van der Waals surface area contributed by atoms with Crippen molar-refractivity contribution >= 4 is 11.3 Å². The maximum atomic E-state index is 5.60. The number of hydrogen-bond acceptors (Lipinski definition) is 4. The second kappa shape index (κ2) is 4.49. The number of anilines is 1. The largest absolute Gasteiger partial charge is 0.354 e. The Hall–Kier alpha value is -1.62. The van der Waals surface area contributed by atoms with Crippen LogP contribution >= 0.6 is 0 Å². The summed E-state index contributed by atoms with van der Waals surface area (Å²) in [6.45, 7) is 6.42. The first-order chi connectivity index (χ1) is 7.76. The third-order valence-corrected chi connectivity index (χ3v) is 2.57. The lowest BCUT2D eigenvalue weighted by Crippen LogP contribution is -2.30. The number of fused-ring (bicyclic) bond motifs is 1. The third-order valence-electron chi connectivity index (χ3n) is 2.57. The van der Waals surface area contributed by atoms with E-state index in [0.29, 0.717) is 6.54 Å². The van der Waals surface area contributed by atoms with Crippen LogP contribution in [0.15, 0.2) is 18.5 Å². The van der Waals surface area contributed by atoms with Gasteiger partial charge < -0.3 is 10.6 Å². The molecule has 16 heavy (non-hydrogen) atoms. The average molecular weight is 219 g/mol. The van der Waals surface area contributed by atoms with Crippen LogP contribution in [-0.4, -0.2) is 34.2 Å². The Morgan fingerprint density at radius 2 is 2.31 bits per heavy atom. The maximum Gasteiger partial charge on any atom is 0.154 e. The molecule has 2 N–H and O–H groups in total. The van der Waals surface area contributed by atoms with Crippen LogP contribution in [0.3, 0.4) is 0 Å². The summed E-state index contributed by atoms with van der Waals surface area (Å²) in [5.74, 6) is 0.955. The summed E-state index contributed by atoms with van der Waals surface area (Å²) in [5.41, 5.74) is 7.64. The molecule has 2 rings (SSSR count). The van der Waals surface area contributed by atoms with Crippen LogP contribution in [0, 0.1) is 6.92 Å². The van der Waals surface area contributed by atoms with Gasteiger partial charge in [-0.1, -0.05) is 0 Å². The number of hydrogen-bond donors (Lipinski definition) is 1. The summed E-state index contributed by atoms with van der Waals surface area (Å²) >= 11 is 0. The number of aryl methyl sites for hydroxylation is 1. The lowest BCUT2D eigenvalue weighted by Gasteiger charge is -2.21. The van der Waals surface area contributed by atoms with Gasteiger partial charge in [0.1, 0.15) is 5.52 Å². The van der Waals surface area contributed by atoms with E-state index in [4.69, 9.17) is 5.73 Å². The second-order valence-corrected chi connectivity index (χ2v) is 3.73. The van der Waals surface area contributed by atoms with Gasteiger partial charge >= 0.3 is 0 Å². The van der Waals surface area contributed by atoms with E-state index in [1.54, 1.807) is 6.20 Å². The van der Waals surface area contributed by atoms with Crippen molar-refractivity contribution in [3.05, 3.63) is 24.2 Å². The molecular weight excluding hydrogens is 202 g/mol. The van der Waals surface area contributed by atoms with Crippen LogP contribution in [0.4, 0.5) is 5.82 Å². The van der Waals surface area contributed by atoms with Gasteiger partial charge in [-0.3, -0.25) is 0 Å². The Labute approximate surface area is 94.9 Å². The van der Waals surface area contributed by atoms with Gasteiger partial charge in [0.15, 0.2) is 5.82 Å². The van der Waals surface area contributed by atoms with Crippen molar-refractivity contribution in [2.24, 2.45) is 5.73 Å². The second-order valence-electron chi connectivity index (χ2n) is 3.73. The topological polar surface area (TPSA) is 59.5 Å². The van der Waals surface area contributed by atoms with E-state index in [9.17, 15) is 0 Å². The Bertz CT molecular complexity index is 476. The van der Waals surface area contributed by atoms with Crippen molar-refractivity contribution in [1.29, 1.82) is 0 Å². The molecule has 86 valence electrons. The minimum absolute atomic E-state index is 0.629. The molecule has 2 aromatic rings. The highest BCUT2D eigenvalue weighted by atomic mass is 15.3. The molecule has 0 radical (unpaired) electrons. The monoisotopic (exact) mass is 219 g/mol. The average Bonchev–Trinajstić information content (AvgIpc) is 2.66. The Kier molecular flexibility index (Phi) is 3.05. The summed E-state index contributed by atoms with van der Waals surface area (Å²) in [7, 11) is 0. The van der Waals surface area contributed by atoms with E-state index in [0.717, 1.165) is 30.1 Å². The fraction of sp³-hybridized carbons (Fsp3) is 0.455. The molecular formula is C11H17N5. The van der Waals surface area contributed by atoms with Crippen LogP contribution in [0.1, 0.15) is 12.6 Å². The number of rotatable bonds is 4.